The Morgan fingerprint density at radius 3 is 2.50 bits per heavy atom. The van der Waals surface area contributed by atoms with Crippen molar-refractivity contribution in [2.45, 2.75) is 0 Å². The minimum atomic E-state index is 0.764. The van der Waals surface area contributed by atoms with Crippen LogP contribution in [-0.2, 0) is 0 Å². The molecule has 0 aliphatic rings. The third-order valence-corrected chi connectivity index (χ3v) is 3.29. The molecule has 0 aliphatic heterocycles. The number of oxazole rings is 1. The summed E-state index contributed by atoms with van der Waals surface area (Å²) in [7, 11) is 0. The second-order valence-corrected chi connectivity index (χ2v) is 4.53. The van der Waals surface area contributed by atoms with Crippen molar-refractivity contribution in [3.8, 4) is 22.6 Å². The second kappa shape index (κ2) is 4.38. The Bertz CT molecular complexity index is 859. The van der Waals surface area contributed by atoms with Crippen molar-refractivity contribution in [1.29, 1.82) is 0 Å². The van der Waals surface area contributed by atoms with Crippen LogP contribution in [0.5, 0.6) is 0 Å². The molecule has 0 spiro atoms. The van der Waals surface area contributed by atoms with Gasteiger partial charge in [-0.05, 0) is 24.3 Å². The molecule has 0 radical (unpaired) electrons. The van der Waals surface area contributed by atoms with Gasteiger partial charge < -0.3 is 8.83 Å². The van der Waals surface area contributed by atoms with Gasteiger partial charge in [0, 0.05) is 11.1 Å². The number of para-hydroxylation sites is 1. The fourth-order valence-corrected chi connectivity index (χ4v) is 2.33. The van der Waals surface area contributed by atoms with Crippen LogP contribution in [0.2, 0.25) is 0 Å². The van der Waals surface area contributed by atoms with E-state index in [1.54, 1.807) is 0 Å². The van der Waals surface area contributed by atoms with Gasteiger partial charge in [0.25, 0.3) is 0 Å². The van der Waals surface area contributed by atoms with E-state index in [1.807, 2.05) is 60.7 Å². The smallest absolute Gasteiger partial charge is 0.182 e. The van der Waals surface area contributed by atoms with E-state index in [-0.39, 0.29) is 0 Å². The fraction of sp³-hybridized carbons (Fsp3) is 0. The van der Waals surface area contributed by atoms with Gasteiger partial charge >= 0.3 is 0 Å². The van der Waals surface area contributed by atoms with Crippen molar-refractivity contribution < 1.29 is 8.83 Å². The van der Waals surface area contributed by atoms with Crippen LogP contribution in [0.1, 0.15) is 0 Å². The molecule has 0 amide bonds. The molecular weight excluding hydrogens is 250 g/mol. The van der Waals surface area contributed by atoms with Crippen LogP contribution in [0.3, 0.4) is 0 Å². The number of rotatable bonds is 2. The van der Waals surface area contributed by atoms with E-state index in [9.17, 15) is 0 Å². The molecule has 4 rings (SSSR count). The predicted molar refractivity (Wildman–Crippen MR) is 77.1 cm³/mol. The molecular formula is C17H11NO2. The molecule has 0 unspecified atom stereocenters. The molecule has 2 heterocycles. The van der Waals surface area contributed by atoms with Crippen LogP contribution in [0.4, 0.5) is 0 Å². The lowest BCUT2D eigenvalue weighted by Gasteiger charge is -1.98. The Hall–Kier alpha value is -2.81. The predicted octanol–water partition coefficient (Wildman–Crippen LogP) is 4.75. The van der Waals surface area contributed by atoms with Gasteiger partial charge in [0.15, 0.2) is 12.0 Å². The van der Waals surface area contributed by atoms with Crippen molar-refractivity contribution in [2.75, 3.05) is 0 Å². The fourth-order valence-electron chi connectivity index (χ4n) is 2.33. The molecule has 0 bridgehead atoms. The summed E-state index contributed by atoms with van der Waals surface area (Å²) in [5.41, 5.74) is 3.59. The number of aromatic nitrogens is 1. The van der Waals surface area contributed by atoms with Crippen molar-refractivity contribution in [1.82, 2.24) is 4.98 Å². The third kappa shape index (κ3) is 1.72. The van der Waals surface area contributed by atoms with E-state index in [4.69, 9.17) is 8.83 Å². The Balaban J connectivity index is 1.84. The van der Waals surface area contributed by atoms with Crippen LogP contribution < -0.4 is 0 Å². The summed E-state index contributed by atoms with van der Waals surface area (Å²) in [6.45, 7) is 0. The zero-order valence-corrected chi connectivity index (χ0v) is 10.6. The zero-order valence-electron chi connectivity index (χ0n) is 10.6. The summed E-state index contributed by atoms with van der Waals surface area (Å²) in [5, 5.41) is 0. The van der Waals surface area contributed by atoms with Crippen LogP contribution >= 0.6 is 0 Å². The number of nitrogens with zero attached hydrogens (tertiary/aromatic N) is 1. The molecule has 0 aliphatic carbocycles. The van der Waals surface area contributed by atoms with Gasteiger partial charge in [0.2, 0.25) is 0 Å². The molecule has 4 aromatic rings. The number of fused-ring (bicyclic) bond motifs is 1. The normalized spacial score (nSPS) is 11.0. The second-order valence-electron chi connectivity index (χ2n) is 4.53. The topological polar surface area (TPSA) is 39.2 Å². The molecule has 2 aromatic carbocycles. The lowest BCUT2D eigenvalue weighted by atomic mass is 10.1. The SMILES string of the molecule is c1ccc(-c2ccc(-c3cccc4ocnc34)o2)cc1. The molecule has 2 aromatic heterocycles. The van der Waals surface area contributed by atoms with Gasteiger partial charge in [0.05, 0.1) is 0 Å². The van der Waals surface area contributed by atoms with Crippen LogP contribution in [0.15, 0.2) is 75.9 Å². The number of furan rings is 1. The Morgan fingerprint density at radius 2 is 1.60 bits per heavy atom. The average molecular weight is 261 g/mol. The molecule has 3 nitrogen and oxygen atoms in total. The van der Waals surface area contributed by atoms with Crippen LogP contribution in [-0.4, -0.2) is 4.98 Å². The number of hydrogen-bond acceptors (Lipinski definition) is 3. The maximum absolute atomic E-state index is 5.95. The Morgan fingerprint density at radius 1 is 0.750 bits per heavy atom. The standard InChI is InChI=1S/C17H11NO2/c1-2-5-12(6-3-1)14-9-10-15(20-14)13-7-4-8-16-17(13)18-11-19-16/h1-11H. The van der Waals surface area contributed by atoms with Gasteiger partial charge in [-0.25, -0.2) is 4.98 Å². The van der Waals surface area contributed by atoms with E-state index in [0.717, 1.165) is 33.7 Å². The van der Waals surface area contributed by atoms with Crippen molar-refractivity contribution in [3.05, 3.63) is 67.1 Å². The monoisotopic (exact) mass is 261 g/mol. The highest BCUT2D eigenvalue weighted by molar-refractivity contribution is 5.89. The van der Waals surface area contributed by atoms with Crippen molar-refractivity contribution >= 4 is 11.1 Å². The maximum Gasteiger partial charge on any atom is 0.182 e. The summed E-state index contributed by atoms with van der Waals surface area (Å²) in [4.78, 5) is 4.25. The van der Waals surface area contributed by atoms with Gasteiger partial charge in [-0.1, -0.05) is 36.4 Å². The van der Waals surface area contributed by atoms with Crippen molar-refractivity contribution in [2.24, 2.45) is 0 Å². The first-order chi connectivity index (χ1) is 9.92. The summed E-state index contributed by atoms with van der Waals surface area (Å²) in [6, 6.07) is 19.8. The summed E-state index contributed by atoms with van der Waals surface area (Å²) in [6.07, 6.45) is 1.45. The minimum absolute atomic E-state index is 0.764. The molecule has 0 saturated carbocycles. The van der Waals surface area contributed by atoms with Gasteiger partial charge in [-0.15, -0.1) is 0 Å². The Labute approximate surface area is 115 Å². The summed E-state index contributed by atoms with van der Waals surface area (Å²) < 4.78 is 11.3. The molecule has 96 valence electrons. The largest absolute Gasteiger partial charge is 0.456 e. The highest BCUT2D eigenvalue weighted by Crippen LogP contribution is 2.32. The lowest BCUT2D eigenvalue weighted by molar-refractivity contribution is 0.597. The third-order valence-electron chi connectivity index (χ3n) is 3.29. The molecule has 3 heteroatoms. The van der Waals surface area contributed by atoms with E-state index >= 15 is 0 Å². The van der Waals surface area contributed by atoms with Gasteiger partial charge in [-0.2, -0.15) is 0 Å². The van der Waals surface area contributed by atoms with Crippen LogP contribution in [0.25, 0.3) is 33.7 Å². The molecule has 20 heavy (non-hydrogen) atoms. The molecule has 0 atom stereocenters. The molecule has 0 fully saturated rings. The maximum atomic E-state index is 5.95. The quantitative estimate of drug-likeness (QED) is 0.522. The first kappa shape index (κ1) is 11.1. The van der Waals surface area contributed by atoms with Crippen LogP contribution in [0, 0.1) is 0 Å². The zero-order chi connectivity index (χ0) is 13.4. The van der Waals surface area contributed by atoms with Gasteiger partial charge in [0.1, 0.15) is 17.0 Å². The lowest BCUT2D eigenvalue weighted by Crippen LogP contribution is -1.77. The Kier molecular flexibility index (Phi) is 2.42. The average Bonchev–Trinajstić information content (AvgIpc) is 3.17. The van der Waals surface area contributed by atoms with E-state index < -0.39 is 0 Å². The van der Waals surface area contributed by atoms with Crippen molar-refractivity contribution in [3.63, 3.8) is 0 Å². The first-order valence-corrected chi connectivity index (χ1v) is 6.40. The molecule has 0 N–H and O–H groups in total. The first-order valence-electron chi connectivity index (χ1n) is 6.40. The number of benzene rings is 2. The number of hydrogen-bond donors (Lipinski definition) is 0. The highest BCUT2D eigenvalue weighted by atomic mass is 16.3. The van der Waals surface area contributed by atoms with E-state index in [1.165, 1.54) is 6.39 Å². The minimum Gasteiger partial charge on any atom is -0.456 e. The summed E-state index contributed by atoms with van der Waals surface area (Å²) >= 11 is 0. The summed E-state index contributed by atoms with van der Waals surface area (Å²) in [5.74, 6) is 1.64. The highest BCUT2D eigenvalue weighted by Gasteiger charge is 2.11. The van der Waals surface area contributed by atoms with Gasteiger partial charge in [-0.3, -0.25) is 0 Å². The molecule has 0 saturated heterocycles. The van der Waals surface area contributed by atoms with E-state index in [2.05, 4.69) is 4.98 Å². The van der Waals surface area contributed by atoms with E-state index in [0.29, 0.717) is 0 Å².